The molecule has 5 aromatic rings. The Morgan fingerprint density at radius 1 is 0.456 bits per heavy atom. The maximum atomic E-state index is 5.96. The summed E-state index contributed by atoms with van der Waals surface area (Å²) in [6.45, 7) is 30.5. The van der Waals surface area contributed by atoms with Crippen LogP contribution in [0.4, 0.5) is 0 Å². The van der Waals surface area contributed by atoms with Crippen molar-refractivity contribution in [2.45, 2.75) is 153 Å². The Morgan fingerprint density at radius 2 is 0.737 bits per heavy atom. The predicted molar refractivity (Wildman–Crippen MR) is 257 cm³/mol. The Labute approximate surface area is 349 Å². The van der Waals surface area contributed by atoms with E-state index >= 15 is 0 Å². The highest BCUT2D eigenvalue weighted by atomic mass is 31.1. The van der Waals surface area contributed by atoms with Gasteiger partial charge in [-0.1, -0.05) is 127 Å². The Morgan fingerprint density at radius 3 is 1.02 bits per heavy atom. The molecule has 5 aromatic carbocycles. The zero-order chi connectivity index (χ0) is 41.2. The first kappa shape index (κ1) is 43.0. The zero-order valence-electron chi connectivity index (χ0n) is 37.9. The number of aryl methyl sites for hydroxylation is 12. The van der Waals surface area contributed by atoms with E-state index < -0.39 is 14.1 Å². The maximum Gasteiger partial charge on any atom is 0.161 e. The average Bonchev–Trinajstić information content (AvgIpc) is 3.84. The molecule has 0 aliphatic heterocycles. The molecule has 0 N–H and O–H groups in total. The van der Waals surface area contributed by atoms with Gasteiger partial charge in [0.2, 0.25) is 0 Å². The summed E-state index contributed by atoms with van der Waals surface area (Å²) < 4.78 is 5.96. The molecule has 0 radical (unpaired) electrons. The lowest BCUT2D eigenvalue weighted by atomic mass is 9.10. The summed E-state index contributed by atoms with van der Waals surface area (Å²) in [5.74, 6) is 1.20. The molecule has 0 atom stereocenters. The number of para-hydroxylation sites is 1. The summed E-state index contributed by atoms with van der Waals surface area (Å²) in [6, 6.07) is 28.1. The molecule has 302 valence electrons. The average molecular weight is 779 g/mol. The van der Waals surface area contributed by atoms with E-state index in [1.54, 1.807) is 5.30 Å². The minimum Gasteiger partial charge on any atom is -0.490 e. The van der Waals surface area contributed by atoms with E-state index in [2.05, 4.69) is 163 Å². The molecule has 0 aromatic heterocycles. The van der Waals surface area contributed by atoms with E-state index in [4.69, 9.17) is 4.74 Å². The third-order valence-corrected chi connectivity index (χ3v) is 17.7. The first-order valence-corrected chi connectivity index (χ1v) is 23.9. The third kappa shape index (κ3) is 8.60. The van der Waals surface area contributed by atoms with Crippen LogP contribution in [0.15, 0.2) is 72.8 Å². The lowest BCUT2D eigenvalue weighted by Gasteiger charge is -2.51. The molecule has 0 saturated heterocycles. The molecule has 2 aliphatic rings. The van der Waals surface area contributed by atoms with Gasteiger partial charge in [0.1, 0.15) is 11.5 Å². The molecule has 2 aliphatic carbocycles. The molecule has 1 nitrogen and oxygen atoms in total. The van der Waals surface area contributed by atoms with Crippen molar-refractivity contribution in [3.05, 3.63) is 140 Å². The highest BCUT2D eigenvalue weighted by Gasteiger charge is 2.43. The van der Waals surface area contributed by atoms with Gasteiger partial charge in [-0.3, -0.25) is 0 Å². The molecular weight excluding hydrogens is 706 g/mol. The molecule has 0 amide bonds. The fourth-order valence-corrected chi connectivity index (χ4v) is 16.9. The number of benzene rings is 5. The lowest BCUT2D eigenvalue weighted by molar-refractivity contribution is 0.343. The fraction of sp³-hybridized carbons (Fsp3) is 0.444. The van der Waals surface area contributed by atoms with Gasteiger partial charge in [0.05, 0.1) is 17.9 Å². The fourth-order valence-electron chi connectivity index (χ4n) is 12.6. The van der Waals surface area contributed by atoms with Crippen molar-refractivity contribution in [3.63, 3.8) is 0 Å². The van der Waals surface area contributed by atoms with Crippen molar-refractivity contribution in [3.8, 4) is 5.75 Å². The molecule has 0 unspecified atom stereocenters. The Hall–Kier alpha value is -3.61. The van der Waals surface area contributed by atoms with Crippen LogP contribution >= 0.6 is 7.92 Å². The van der Waals surface area contributed by atoms with Crippen molar-refractivity contribution >= 4 is 41.2 Å². The molecular formula is C54H72BOP. The Balaban J connectivity index is 0.000000230. The van der Waals surface area contributed by atoms with E-state index in [1.165, 1.54) is 146 Å². The van der Waals surface area contributed by atoms with Crippen molar-refractivity contribution in [1.29, 1.82) is 0 Å². The van der Waals surface area contributed by atoms with E-state index in [0.717, 1.165) is 17.9 Å². The van der Waals surface area contributed by atoms with Crippen molar-refractivity contribution < 1.29 is 4.74 Å². The minimum absolute atomic E-state index is 0.454. The van der Waals surface area contributed by atoms with Gasteiger partial charge in [-0.05, 0) is 154 Å². The molecule has 0 bridgehead atoms. The molecule has 2 saturated carbocycles. The monoisotopic (exact) mass is 779 g/mol. The summed E-state index contributed by atoms with van der Waals surface area (Å²) in [5.41, 5.74) is 24.4. The van der Waals surface area contributed by atoms with Crippen LogP contribution in [0, 0.1) is 83.1 Å². The Kier molecular flexibility index (Phi) is 13.7. The van der Waals surface area contributed by atoms with Crippen LogP contribution in [0.1, 0.15) is 125 Å². The maximum absolute atomic E-state index is 5.96. The van der Waals surface area contributed by atoms with Crippen LogP contribution in [-0.4, -0.2) is 24.1 Å². The lowest BCUT2D eigenvalue weighted by Crippen LogP contribution is -2.78. The summed E-state index contributed by atoms with van der Waals surface area (Å²) in [4.78, 5) is 0. The zero-order valence-corrected chi connectivity index (χ0v) is 38.9. The van der Waals surface area contributed by atoms with Gasteiger partial charge >= 0.3 is 0 Å². The van der Waals surface area contributed by atoms with Crippen LogP contribution in [0.5, 0.6) is 5.75 Å². The summed E-state index contributed by atoms with van der Waals surface area (Å²) in [7, 11) is -0.454. The second-order valence-corrected chi connectivity index (χ2v) is 21.5. The van der Waals surface area contributed by atoms with E-state index in [0.29, 0.717) is 0 Å². The van der Waals surface area contributed by atoms with Gasteiger partial charge in [0, 0.05) is 7.92 Å². The SMILES string of the molecule is CCOc1ccccc1[PH+](C1CCCC1)C1CCCC1.Cc1cc(C)c([B-](c2c(C)cc(C)cc2C)(c2c(C)cc(C)cc2C)c2c(C)cc(C)cc2C)c(C)c1. The minimum atomic E-state index is -1.48. The highest BCUT2D eigenvalue weighted by molar-refractivity contribution is 7.67. The molecule has 3 heteroatoms. The quantitative estimate of drug-likeness (QED) is 0.107. The topological polar surface area (TPSA) is 9.23 Å². The number of hydrogen-bond acceptors (Lipinski definition) is 1. The van der Waals surface area contributed by atoms with Crippen molar-refractivity contribution in [1.82, 2.24) is 0 Å². The first-order chi connectivity index (χ1) is 27.2. The third-order valence-electron chi connectivity index (χ3n) is 13.8. The summed E-state index contributed by atoms with van der Waals surface area (Å²) >= 11 is 0. The van der Waals surface area contributed by atoms with Gasteiger partial charge in [-0.15, -0.1) is 0 Å². The van der Waals surface area contributed by atoms with Gasteiger partial charge in [0.15, 0.2) is 5.75 Å². The van der Waals surface area contributed by atoms with E-state index in [1.807, 2.05) is 0 Å². The first-order valence-electron chi connectivity index (χ1n) is 22.3. The van der Waals surface area contributed by atoms with Crippen LogP contribution in [0.3, 0.4) is 0 Å². The smallest absolute Gasteiger partial charge is 0.161 e. The summed E-state index contributed by atoms with van der Waals surface area (Å²) in [5, 5.41) is 1.61. The van der Waals surface area contributed by atoms with E-state index in [-0.39, 0.29) is 0 Å². The number of hydrogen-bond donors (Lipinski definition) is 0. The second-order valence-electron chi connectivity index (χ2n) is 18.5. The Bertz CT molecular complexity index is 1870. The van der Waals surface area contributed by atoms with Crippen LogP contribution in [0.25, 0.3) is 0 Å². The number of ether oxygens (including phenoxy) is 1. The van der Waals surface area contributed by atoms with Crippen LogP contribution < -0.4 is 31.9 Å². The van der Waals surface area contributed by atoms with Gasteiger partial charge in [-0.2, -0.15) is 21.9 Å². The van der Waals surface area contributed by atoms with Crippen LogP contribution in [0.2, 0.25) is 0 Å². The van der Waals surface area contributed by atoms with Crippen molar-refractivity contribution in [2.24, 2.45) is 0 Å². The molecule has 2 fully saturated rings. The highest BCUT2D eigenvalue weighted by Crippen LogP contribution is 2.57. The molecule has 57 heavy (non-hydrogen) atoms. The standard InChI is InChI=1S/C36H44B.C18H27OP/c1-21-13-25(5)33(26(6)14-21)37(34-27(7)15-22(2)16-28(34)8,35-29(9)17-23(3)18-30(35)10)36-31(11)19-24(4)20-32(36)12;1-2-19-17-13-7-8-14-18(17)20(15-9-3-4-10-15)16-11-5-6-12-16/h13-20H,1-12H3;7-8,13-16H,2-6,9-12H2,1H3/q-1;/p+1. The summed E-state index contributed by atoms with van der Waals surface area (Å²) in [6.07, 6.45) is 10.3. The predicted octanol–water partition coefficient (Wildman–Crippen LogP) is 11.6. The van der Waals surface area contributed by atoms with E-state index in [9.17, 15) is 0 Å². The van der Waals surface area contributed by atoms with Gasteiger partial charge in [0.25, 0.3) is 0 Å². The van der Waals surface area contributed by atoms with Crippen LogP contribution in [-0.2, 0) is 0 Å². The molecule has 7 rings (SSSR count). The normalized spacial score (nSPS) is 15.0. The van der Waals surface area contributed by atoms with Gasteiger partial charge in [-0.25, -0.2) is 0 Å². The molecule has 0 spiro atoms. The largest absolute Gasteiger partial charge is 0.490 e. The second kappa shape index (κ2) is 18.1. The molecule has 0 heterocycles. The van der Waals surface area contributed by atoms with Crippen molar-refractivity contribution in [2.75, 3.05) is 6.61 Å². The van der Waals surface area contributed by atoms with Gasteiger partial charge < -0.3 is 4.74 Å². The number of rotatable bonds is 9.